The monoisotopic (exact) mass is 344 g/mol. The molecular weight excluding hydrogens is 316 g/mol. The Morgan fingerprint density at radius 2 is 1.96 bits per heavy atom. The minimum Gasteiger partial charge on any atom is -0.381 e. The van der Waals surface area contributed by atoms with Crippen LogP contribution in [0.5, 0.6) is 0 Å². The third-order valence-corrected chi connectivity index (χ3v) is 6.04. The molecule has 3 aliphatic rings. The summed E-state index contributed by atoms with van der Waals surface area (Å²) < 4.78 is 11.2. The number of carbonyl (C=O) groups excluding carboxylic acids is 1. The maximum absolute atomic E-state index is 13.3. The van der Waals surface area contributed by atoms with Crippen LogP contribution in [-0.2, 0) is 27.2 Å². The molecule has 2 fully saturated rings. The minimum absolute atomic E-state index is 0.107. The Labute approximate surface area is 149 Å². The van der Waals surface area contributed by atoms with Gasteiger partial charge in [0, 0.05) is 51.9 Å². The van der Waals surface area contributed by atoms with Gasteiger partial charge in [0.05, 0.1) is 0 Å². The summed E-state index contributed by atoms with van der Waals surface area (Å²) in [6.07, 6.45) is 4.83. The number of anilines is 1. The SMILES string of the molecule is COC1(C(=O)N2CCc3c(CN4CCCC4)cccc32)CCOCC1. The third kappa shape index (κ3) is 3.09. The number of ether oxygens (including phenoxy) is 2. The molecule has 0 N–H and O–H groups in total. The molecule has 0 spiro atoms. The van der Waals surface area contributed by atoms with Gasteiger partial charge in [0.2, 0.25) is 0 Å². The van der Waals surface area contributed by atoms with E-state index in [-0.39, 0.29) is 5.91 Å². The molecular formula is C20H28N2O3. The van der Waals surface area contributed by atoms with Crippen molar-refractivity contribution in [2.24, 2.45) is 0 Å². The van der Waals surface area contributed by atoms with E-state index in [0.717, 1.165) is 25.2 Å². The van der Waals surface area contributed by atoms with Gasteiger partial charge in [-0.1, -0.05) is 12.1 Å². The first kappa shape index (κ1) is 17.0. The molecule has 5 heteroatoms. The smallest absolute Gasteiger partial charge is 0.259 e. The molecule has 0 bridgehead atoms. The van der Waals surface area contributed by atoms with E-state index in [2.05, 4.69) is 23.1 Å². The van der Waals surface area contributed by atoms with Crippen molar-refractivity contribution in [1.82, 2.24) is 4.90 Å². The molecule has 136 valence electrons. The fourth-order valence-electron chi connectivity index (χ4n) is 4.50. The van der Waals surface area contributed by atoms with Gasteiger partial charge in [-0.05, 0) is 49.5 Å². The molecule has 2 saturated heterocycles. The second-order valence-electron chi connectivity index (χ2n) is 7.42. The molecule has 1 aromatic rings. The van der Waals surface area contributed by atoms with Crippen molar-refractivity contribution in [3.8, 4) is 0 Å². The number of nitrogens with zero attached hydrogens (tertiary/aromatic N) is 2. The number of fused-ring (bicyclic) bond motifs is 1. The highest BCUT2D eigenvalue weighted by atomic mass is 16.5. The van der Waals surface area contributed by atoms with Crippen molar-refractivity contribution in [2.75, 3.05) is 44.9 Å². The number of carbonyl (C=O) groups is 1. The number of hydrogen-bond acceptors (Lipinski definition) is 4. The standard InChI is InChI=1S/C20H28N2O3/c1-24-20(8-13-25-14-9-20)19(23)22-12-7-17-16(5-4-6-18(17)22)15-21-10-2-3-11-21/h4-6H,2-3,7-15H2,1H3. The molecule has 5 nitrogen and oxygen atoms in total. The van der Waals surface area contributed by atoms with E-state index >= 15 is 0 Å². The van der Waals surface area contributed by atoms with E-state index in [9.17, 15) is 4.79 Å². The van der Waals surface area contributed by atoms with Crippen molar-refractivity contribution in [2.45, 2.75) is 44.2 Å². The van der Waals surface area contributed by atoms with E-state index in [0.29, 0.717) is 26.1 Å². The van der Waals surface area contributed by atoms with Gasteiger partial charge < -0.3 is 14.4 Å². The Kier molecular flexibility index (Phi) is 4.80. The zero-order valence-electron chi connectivity index (χ0n) is 15.1. The lowest BCUT2D eigenvalue weighted by Crippen LogP contribution is -2.53. The summed E-state index contributed by atoms with van der Waals surface area (Å²) in [6, 6.07) is 6.42. The highest BCUT2D eigenvalue weighted by molar-refractivity contribution is 6.01. The normalized spacial score (nSPS) is 23.0. The second kappa shape index (κ2) is 7.06. The van der Waals surface area contributed by atoms with Gasteiger partial charge in [0.25, 0.3) is 5.91 Å². The first-order chi connectivity index (χ1) is 12.2. The third-order valence-electron chi connectivity index (χ3n) is 6.04. The quantitative estimate of drug-likeness (QED) is 0.841. The van der Waals surface area contributed by atoms with Gasteiger partial charge >= 0.3 is 0 Å². The first-order valence-corrected chi connectivity index (χ1v) is 9.51. The summed E-state index contributed by atoms with van der Waals surface area (Å²) in [5, 5.41) is 0. The van der Waals surface area contributed by atoms with Crippen LogP contribution in [0, 0.1) is 0 Å². The minimum atomic E-state index is -0.717. The summed E-state index contributed by atoms with van der Waals surface area (Å²) >= 11 is 0. The number of hydrogen-bond donors (Lipinski definition) is 0. The molecule has 4 rings (SSSR count). The van der Waals surface area contributed by atoms with Gasteiger partial charge in [0.15, 0.2) is 5.60 Å². The summed E-state index contributed by atoms with van der Waals surface area (Å²) in [6.45, 7) is 5.34. The Morgan fingerprint density at radius 1 is 1.20 bits per heavy atom. The summed E-state index contributed by atoms with van der Waals surface area (Å²) in [5.74, 6) is 0.107. The highest BCUT2D eigenvalue weighted by Gasteiger charge is 2.44. The number of benzene rings is 1. The van der Waals surface area contributed by atoms with E-state index in [4.69, 9.17) is 9.47 Å². The van der Waals surface area contributed by atoms with Crippen LogP contribution in [0.15, 0.2) is 18.2 Å². The molecule has 0 aliphatic carbocycles. The molecule has 1 amide bonds. The molecule has 0 radical (unpaired) electrons. The van der Waals surface area contributed by atoms with Crippen molar-refractivity contribution in [3.63, 3.8) is 0 Å². The second-order valence-corrected chi connectivity index (χ2v) is 7.42. The predicted octanol–water partition coefficient (Wildman–Crippen LogP) is 2.37. The maximum Gasteiger partial charge on any atom is 0.259 e. The lowest BCUT2D eigenvalue weighted by molar-refractivity contribution is -0.152. The van der Waals surface area contributed by atoms with Gasteiger partial charge in [0.1, 0.15) is 0 Å². The molecule has 3 heterocycles. The van der Waals surface area contributed by atoms with Gasteiger partial charge in [-0.25, -0.2) is 0 Å². The van der Waals surface area contributed by atoms with E-state index in [1.54, 1.807) is 7.11 Å². The van der Waals surface area contributed by atoms with Crippen LogP contribution in [0.1, 0.15) is 36.8 Å². The molecule has 0 aromatic heterocycles. The van der Waals surface area contributed by atoms with Crippen LogP contribution in [0.3, 0.4) is 0 Å². The Hall–Kier alpha value is -1.43. The molecule has 25 heavy (non-hydrogen) atoms. The summed E-state index contributed by atoms with van der Waals surface area (Å²) in [5.41, 5.74) is 3.10. The molecule has 3 aliphatic heterocycles. The average Bonchev–Trinajstić information content (AvgIpc) is 3.32. The van der Waals surface area contributed by atoms with Crippen LogP contribution in [-0.4, -0.2) is 56.4 Å². The lowest BCUT2D eigenvalue weighted by atomic mass is 9.92. The summed E-state index contributed by atoms with van der Waals surface area (Å²) in [7, 11) is 1.66. The largest absolute Gasteiger partial charge is 0.381 e. The average molecular weight is 344 g/mol. The Bertz CT molecular complexity index is 634. The van der Waals surface area contributed by atoms with E-state index < -0.39 is 5.60 Å². The fourth-order valence-corrected chi connectivity index (χ4v) is 4.50. The van der Waals surface area contributed by atoms with Crippen molar-refractivity contribution >= 4 is 11.6 Å². The Morgan fingerprint density at radius 3 is 2.68 bits per heavy atom. The molecule has 1 aromatic carbocycles. The van der Waals surface area contributed by atoms with Gasteiger partial charge in [-0.3, -0.25) is 9.69 Å². The Balaban J connectivity index is 1.57. The van der Waals surface area contributed by atoms with Crippen LogP contribution in [0.4, 0.5) is 5.69 Å². The van der Waals surface area contributed by atoms with Crippen LogP contribution >= 0.6 is 0 Å². The highest BCUT2D eigenvalue weighted by Crippen LogP contribution is 2.36. The maximum atomic E-state index is 13.3. The fraction of sp³-hybridized carbons (Fsp3) is 0.650. The molecule has 0 unspecified atom stereocenters. The zero-order chi connectivity index (χ0) is 17.3. The van der Waals surface area contributed by atoms with Crippen LogP contribution in [0.25, 0.3) is 0 Å². The van der Waals surface area contributed by atoms with Crippen molar-refractivity contribution < 1.29 is 14.3 Å². The van der Waals surface area contributed by atoms with Gasteiger partial charge in [-0.15, -0.1) is 0 Å². The topological polar surface area (TPSA) is 42.0 Å². The van der Waals surface area contributed by atoms with Crippen molar-refractivity contribution in [1.29, 1.82) is 0 Å². The van der Waals surface area contributed by atoms with E-state index in [1.165, 1.54) is 37.1 Å². The first-order valence-electron chi connectivity index (χ1n) is 9.51. The zero-order valence-corrected chi connectivity index (χ0v) is 15.1. The van der Waals surface area contributed by atoms with Crippen LogP contribution in [0.2, 0.25) is 0 Å². The van der Waals surface area contributed by atoms with E-state index in [1.807, 2.05) is 4.90 Å². The lowest BCUT2D eigenvalue weighted by Gasteiger charge is -2.37. The molecule has 0 saturated carbocycles. The number of likely N-dealkylation sites (tertiary alicyclic amines) is 1. The van der Waals surface area contributed by atoms with Gasteiger partial charge in [-0.2, -0.15) is 0 Å². The van der Waals surface area contributed by atoms with Crippen LogP contribution < -0.4 is 4.90 Å². The number of methoxy groups -OCH3 is 1. The molecule has 0 atom stereocenters. The summed E-state index contributed by atoms with van der Waals surface area (Å²) in [4.78, 5) is 17.8. The predicted molar refractivity (Wildman–Crippen MR) is 96.8 cm³/mol. The number of amides is 1. The van der Waals surface area contributed by atoms with Crippen molar-refractivity contribution in [3.05, 3.63) is 29.3 Å². The number of rotatable bonds is 4.